The van der Waals surface area contributed by atoms with E-state index in [9.17, 15) is 4.79 Å². The summed E-state index contributed by atoms with van der Waals surface area (Å²) < 4.78 is 0. The van der Waals surface area contributed by atoms with Crippen LogP contribution in [0.1, 0.15) is 35.4 Å². The molecule has 1 aliphatic heterocycles. The van der Waals surface area contributed by atoms with Crippen LogP contribution in [0.4, 0.5) is 5.82 Å². The minimum atomic E-state index is 0.0502. The van der Waals surface area contributed by atoms with E-state index in [0.717, 1.165) is 44.5 Å². The molecule has 0 unspecified atom stereocenters. The third-order valence-electron chi connectivity index (χ3n) is 4.01. The zero-order valence-corrected chi connectivity index (χ0v) is 13.1. The number of nitrogens with zero attached hydrogens (tertiary/aromatic N) is 4. The van der Waals surface area contributed by atoms with Gasteiger partial charge in [0, 0.05) is 18.5 Å². The normalized spacial score (nSPS) is 18.9. The Hall–Kier alpha value is -2.02. The van der Waals surface area contributed by atoms with E-state index in [0.29, 0.717) is 17.4 Å². The van der Waals surface area contributed by atoms with Gasteiger partial charge in [-0.15, -0.1) is 11.3 Å². The molecule has 0 saturated carbocycles. The summed E-state index contributed by atoms with van der Waals surface area (Å²) in [6.45, 7) is 1.59. The lowest BCUT2D eigenvalue weighted by Crippen LogP contribution is -2.32. The average Bonchev–Trinajstić information content (AvgIpc) is 2.96. The van der Waals surface area contributed by atoms with E-state index < -0.39 is 0 Å². The summed E-state index contributed by atoms with van der Waals surface area (Å²) in [7, 11) is 0. The zero-order valence-electron chi connectivity index (χ0n) is 12.3. The fourth-order valence-corrected chi connectivity index (χ4v) is 3.34. The van der Waals surface area contributed by atoms with Crippen LogP contribution in [-0.4, -0.2) is 38.8 Å². The van der Waals surface area contributed by atoms with Crippen LogP contribution in [0.25, 0.3) is 0 Å². The molecule has 1 saturated heterocycles. The largest absolute Gasteiger partial charge is 0.382 e. The highest BCUT2D eigenvalue weighted by molar-refractivity contribution is 7.07. The number of carbonyl (C=O) groups is 1. The smallest absolute Gasteiger partial charge is 0.273 e. The molecule has 7 heteroatoms. The number of rotatable bonds is 3. The van der Waals surface area contributed by atoms with Crippen LogP contribution in [0.15, 0.2) is 23.3 Å². The van der Waals surface area contributed by atoms with Gasteiger partial charge in [0.05, 0.1) is 23.6 Å². The molecule has 1 fully saturated rings. The van der Waals surface area contributed by atoms with Crippen molar-refractivity contribution < 1.29 is 4.79 Å². The molecule has 0 radical (unpaired) electrons. The minimum absolute atomic E-state index is 0.0502. The summed E-state index contributed by atoms with van der Waals surface area (Å²) in [5, 5.41) is 1.81. The summed E-state index contributed by atoms with van der Waals surface area (Å²) in [4.78, 5) is 26.8. The highest BCUT2D eigenvalue weighted by Crippen LogP contribution is 2.22. The maximum absolute atomic E-state index is 12.3. The molecule has 0 bridgehead atoms. The molecule has 0 spiro atoms. The van der Waals surface area contributed by atoms with Crippen molar-refractivity contribution in [3.63, 3.8) is 0 Å². The molecule has 3 rings (SSSR count). The summed E-state index contributed by atoms with van der Waals surface area (Å²) in [6, 6.07) is 0. The Morgan fingerprint density at radius 1 is 1.27 bits per heavy atom. The number of anilines is 1. The Kier molecular flexibility index (Phi) is 4.62. The minimum Gasteiger partial charge on any atom is -0.382 e. The maximum atomic E-state index is 12.3. The SMILES string of the molecule is Nc1cnc(C[C@@H]2CCCN(C(=O)c3cscn3)CC2)cn1. The van der Waals surface area contributed by atoms with Crippen LogP contribution in [0.5, 0.6) is 0 Å². The second-order valence-electron chi connectivity index (χ2n) is 5.60. The monoisotopic (exact) mass is 317 g/mol. The lowest BCUT2D eigenvalue weighted by atomic mass is 9.95. The number of nitrogen functional groups attached to an aromatic ring is 1. The van der Waals surface area contributed by atoms with Crippen molar-refractivity contribution in [1.29, 1.82) is 0 Å². The van der Waals surface area contributed by atoms with Crippen LogP contribution >= 0.6 is 11.3 Å². The van der Waals surface area contributed by atoms with Crippen molar-refractivity contribution in [3.8, 4) is 0 Å². The van der Waals surface area contributed by atoms with Crippen LogP contribution in [0, 0.1) is 5.92 Å². The third kappa shape index (κ3) is 3.59. The summed E-state index contributed by atoms with van der Waals surface area (Å²) in [5.41, 5.74) is 8.80. The van der Waals surface area contributed by atoms with Crippen molar-refractivity contribution in [3.05, 3.63) is 34.7 Å². The first-order valence-electron chi connectivity index (χ1n) is 7.46. The molecule has 22 heavy (non-hydrogen) atoms. The molecule has 1 aliphatic rings. The van der Waals surface area contributed by atoms with Crippen LogP contribution in [-0.2, 0) is 6.42 Å². The van der Waals surface area contributed by atoms with Crippen molar-refractivity contribution >= 4 is 23.1 Å². The Labute approximate surface area is 133 Å². The zero-order chi connectivity index (χ0) is 15.4. The van der Waals surface area contributed by atoms with Gasteiger partial charge >= 0.3 is 0 Å². The lowest BCUT2D eigenvalue weighted by molar-refractivity contribution is 0.0755. The quantitative estimate of drug-likeness (QED) is 0.936. The van der Waals surface area contributed by atoms with E-state index in [-0.39, 0.29) is 5.91 Å². The lowest BCUT2D eigenvalue weighted by Gasteiger charge is -2.19. The summed E-state index contributed by atoms with van der Waals surface area (Å²) in [5.74, 6) is 1.03. The second-order valence-corrected chi connectivity index (χ2v) is 6.32. The number of hydrogen-bond donors (Lipinski definition) is 1. The van der Waals surface area contributed by atoms with Gasteiger partial charge in [-0.2, -0.15) is 0 Å². The number of amides is 1. The van der Waals surface area contributed by atoms with Crippen molar-refractivity contribution in [1.82, 2.24) is 19.9 Å². The van der Waals surface area contributed by atoms with Gasteiger partial charge in [0.1, 0.15) is 11.5 Å². The fourth-order valence-electron chi connectivity index (χ4n) is 2.82. The first-order chi connectivity index (χ1) is 10.7. The first-order valence-corrected chi connectivity index (χ1v) is 8.40. The van der Waals surface area contributed by atoms with Gasteiger partial charge in [0.25, 0.3) is 5.91 Å². The first kappa shape index (κ1) is 14.9. The van der Waals surface area contributed by atoms with Gasteiger partial charge in [-0.05, 0) is 31.6 Å². The van der Waals surface area contributed by atoms with Gasteiger partial charge in [-0.3, -0.25) is 9.78 Å². The number of nitrogens with two attached hydrogens (primary N) is 1. The van der Waals surface area contributed by atoms with Crippen molar-refractivity contribution in [2.24, 2.45) is 5.92 Å². The molecular weight excluding hydrogens is 298 g/mol. The van der Waals surface area contributed by atoms with Crippen molar-refractivity contribution in [2.75, 3.05) is 18.8 Å². The van der Waals surface area contributed by atoms with Crippen LogP contribution in [0.2, 0.25) is 0 Å². The van der Waals surface area contributed by atoms with Gasteiger partial charge < -0.3 is 10.6 Å². The highest BCUT2D eigenvalue weighted by Gasteiger charge is 2.23. The number of hydrogen-bond acceptors (Lipinski definition) is 6. The van der Waals surface area contributed by atoms with Gasteiger partial charge in [-0.25, -0.2) is 9.97 Å². The van der Waals surface area contributed by atoms with Crippen LogP contribution in [0.3, 0.4) is 0 Å². The van der Waals surface area contributed by atoms with E-state index in [1.165, 1.54) is 11.3 Å². The predicted molar refractivity (Wildman–Crippen MR) is 85.5 cm³/mol. The Bertz CT molecular complexity index is 613. The molecule has 2 aromatic heterocycles. The number of carbonyl (C=O) groups excluding carboxylic acids is 1. The summed E-state index contributed by atoms with van der Waals surface area (Å²) >= 11 is 1.46. The van der Waals surface area contributed by atoms with E-state index in [4.69, 9.17) is 5.73 Å². The van der Waals surface area contributed by atoms with Gasteiger partial charge in [-0.1, -0.05) is 0 Å². The molecule has 0 aliphatic carbocycles. The van der Waals surface area contributed by atoms with Crippen LogP contribution < -0.4 is 5.73 Å². The third-order valence-corrected chi connectivity index (χ3v) is 4.60. The molecular formula is C15H19N5OS. The topological polar surface area (TPSA) is 85.0 Å². The second kappa shape index (κ2) is 6.83. The number of thiazole rings is 1. The Balaban J connectivity index is 1.58. The highest BCUT2D eigenvalue weighted by atomic mass is 32.1. The molecule has 116 valence electrons. The molecule has 3 heterocycles. The van der Waals surface area contributed by atoms with E-state index in [1.54, 1.807) is 17.9 Å². The van der Waals surface area contributed by atoms with Crippen molar-refractivity contribution in [2.45, 2.75) is 25.7 Å². The van der Waals surface area contributed by atoms with Gasteiger partial charge in [0.2, 0.25) is 0 Å². The number of aromatic nitrogens is 3. The van der Waals surface area contributed by atoms with Gasteiger partial charge in [0.15, 0.2) is 0 Å². The molecule has 6 nitrogen and oxygen atoms in total. The predicted octanol–water partition coefficient (Wildman–Crippen LogP) is 2.00. The molecule has 2 N–H and O–H groups in total. The summed E-state index contributed by atoms with van der Waals surface area (Å²) in [6.07, 6.45) is 7.35. The number of likely N-dealkylation sites (tertiary alicyclic amines) is 1. The van der Waals surface area contributed by atoms with E-state index in [1.807, 2.05) is 10.3 Å². The Morgan fingerprint density at radius 2 is 2.18 bits per heavy atom. The van der Waals surface area contributed by atoms with E-state index >= 15 is 0 Å². The maximum Gasteiger partial charge on any atom is 0.273 e. The molecule has 1 atom stereocenters. The standard InChI is InChI=1S/C15H19N5OS/c16-14-8-17-12(7-18-14)6-11-2-1-4-20(5-3-11)15(21)13-9-22-10-19-13/h7-11H,1-6H2,(H2,16,18)/t11-/m1/s1. The molecule has 2 aromatic rings. The Morgan fingerprint density at radius 3 is 2.91 bits per heavy atom. The molecule has 1 amide bonds. The molecule has 0 aromatic carbocycles. The van der Waals surface area contributed by atoms with E-state index in [2.05, 4.69) is 15.0 Å². The fraction of sp³-hybridized carbons (Fsp3) is 0.467. The average molecular weight is 317 g/mol.